The first kappa shape index (κ1) is 24.4. The van der Waals surface area contributed by atoms with Crippen LogP contribution in [0, 0.1) is 22.7 Å². The molecule has 6 rings (SSSR count). The lowest BCUT2D eigenvalue weighted by Crippen LogP contribution is -2.70. The molecule has 1 spiro atoms. The monoisotopic (exact) mass is 502 g/mol. The Morgan fingerprint density at radius 2 is 1.94 bits per heavy atom. The van der Waals surface area contributed by atoms with Gasteiger partial charge in [0.05, 0.1) is 12.2 Å². The molecule has 1 saturated heterocycles. The molecule has 5 aliphatic carbocycles. The Bertz CT molecular complexity index is 1090. The Kier molecular flexibility index (Phi) is 5.14. The minimum atomic E-state index is -2.00. The fourth-order valence-electron chi connectivity index (χ4n) is 9.04. The molecule has 1 unspecified atom stereocenters. The number of fused-ring (bicyclic) bond motifs is 7. The largest absolute Gasteiger partial charge is 0.458 e. The third kappa shape index (κ3) is 2.81. The van der Waals surface area contributed by atoms with Crippen LogP contribution in [0.25, 0.3) is 0 Å². The first-order valence-electron chi connectivity index (χ1n) is 13.3. The topological polar surface area (TPSA) is 99.1 Å². The molecule has 0 aromatic carbocycles. The predicted octanol–water partition coefficient (Wildman–Crippen LogP) is 3.52. The molecule has 0 aromatic heterocycles. The number of hydrogen-bond donors (Lipinski definition) is 1. The fraction of sp³-hybridized carbons (Fsp3) is 0.750. The molecular formula is C28H35FO7. The third-order valence-electron chi connectivity index (χ3n) is 10.7. The SMILES string of the molecule is CC(=O)OCC(=O)[C@@]12OC3(CCCC3)O[C@@H]1C[C@H]1[C@@H]3CCC4=CC(=O)C=C[C@]4(C)[C@@]3(F)C(O)C[C@@]12C. The van der Waals surface area contributed by atoms with Crippen molar-refractivity contribution in [3.63, 3.8) is 0 Å². The number of Topliss-reactive ketones (excluding diaryl/α,β-unsaturated/α-hetero) is 1. The average molecular weight is 503 g/mol. The number of hydrogen-bond acceptors (Lipinski definition) is 7. The molecule has 6 aliphatic rings. The van der Waals surface area contributed by atoms with E-state index in [2.05, 4.69) is 0 Å². The van der Waals surface area contributed by atoms with Crippen LogP contribution in [-0.2, 0) is 28.6 Å². The van der Waals surface area contributed by atoms with Gasteiger partial charge in [0, 0.05) is 36.5 Å². The van der Waals surface area contributed by atoms with Crippen molar-refractivity contribution in [1.82, 2.24) is 0 Å². The predicted molar refractivity (Wildman–Crippen MR) is 125 cm³/mol. The molecule has 7 nitrogen and oxygen atoms in total. The van der Waals surface area contributed by atoms with Crippen molar-refractivity contribution < 1.29 is 38.1 Å². The van der Waals surface area contributed by atoms with E-state index < -0.39 is 58.6 Å². The summed E-state index contributed by atoms with van der Waals surface area (Å²) in [5.41, 5.74) is -4.72. The van der Waals surface area contributed by atoms with Crippen molar-refractivity contribution in [3.8, 4) is 0 Å². The van der Waals surface area contributed by atoms with Crippen LogP contribution in [0.1, 0.15) is 72.1 Å². The van der Waals surface area contributed by atoms with Gasteiger partial charge in [-0.2, -0.15) is 0 Å². The Hall–Kier alpha value is -1.90. The van der Waals surface area contributed by atoms with Crippen LogP contribution >= 0.6 is 0 Å². The highest BCUT2D eigenvalue weighted by molar-refractivity contribution is 6.01. The van der Waals surface area contributed by atoms with Crippen LogP contribution in [0.3, 0.4) is 0 Å². The van der Waals surface area contributed by atoms with Gasteiger partial charge in [-0.3, -0.25) is 14.4 Å². The van der Waals surface area contributed by atoms with Crippen LogP contribution < -0.4 is 0 Å². The van der Waals surface area contributed by atoms with Gasteiger partial charge in [-0.1, -0.05) is 18.6 Å². The van der Waals surface area contributed by atoms with Gasteiger partial charge < -0.3 is 19.3 Å². The van der Waals surface area contributed by atoms with E-state index in [0.717, 1.165) is 12.8 Å². The quantitative estimate of drug-likeness (QED) is 0.590. The standard InChI is InChI=1S/C28H35FO7/c1-16(30)34-15-22(33)28-23(35-26(36-28)9-4-5-10-26)13-20-19-7-6-17-12-18(31)8-11-24(17,2)27(19,29)21(32)14-25(20,28)3/h8,11-12,19-21,23,32H,4-7,9-10,13-15H2,1-3H3/t19-,20-,21?,23+,24-,25-,27-,28+/m0/s1. The highest BCUT2D eigenvalue weighted by Gasteiger charge is 2.80. The molecule has 0 aromatic rings. The second-order valence-electron chi connectivity index (χ2n) is 12.3. The normalized spacial score (nSPS) is 48.1. The maximum Gasteiger partial charge on any atom is 0.303 e. The molecular weight excluding hydrogens is 467 g/mol. The van der Waals surface area contributed by atoms with Crippen molar-refractivity contribution in [2.45, 2.75) is 101 Å². The number of carbonyl (C=O) groups is 3. The first-order valence-corrected chi connectivity index (χ1v) is 13.3. The summed E-state index contributed by atoms with van der Waals surface area (Å²) in [5.74, 6) is -2.80. The summed E-state index contributed by atoms with van der Waals surface area (Å²) in [4.78, 5) is 37.5. The minimum absolute atomic E-state index is 0.0110. The van der Waals surface area contributed by atoms with Crippen molar-refractivity contribution in [1.29, 1.82) is 0 Å². The molecule has 8 atom stereocenters. The number of rotatable bonds is 3. The number of aliphatic hydroxyl groups excluding tert-OH is 1. The van der Waals surface area contributed by atoms with Crippen LogP contribution in [0.15, 0.2) is 23.8 Å². The molecule has 8 heteroatoms. The highest BCUT2D eigenvalue weighted by Crippen LogP contribution is 2.73. The first-order chi connectivity index (χ1) is 16.9. The number of ether oxygens (including phenoxy) is 3. The number of allylic oxidation sites excluding steroid dienone is 4. The maximum absolute atomic E-state index is 17.4. The van der Waals surface area contributed by atoms with Crippen molar-refractivity contribution in [2.24, 2.45) is 22.7 Å². The van der Waals surface area contributed by atoms with Crippen LogP contribution in [0.2, 0.25) is 0 Å². The Morgan fingerprint density at radius 1 is 1.22 bits per heavy atom. The molecule has 0 radical (unpaired) electrons. The molecule has 1 heterocycles. The number of ketones is 2. The van der Waals surface area contributed by atoms with Crippen LogP contribution in [0.4, 0.5) is 4.39 Å². The van der Waals surface area contributed by atoms with Gasteiger partial charge in [0.1, 0.15) is 0 Å². The molecule has 5 fully saturated rings. The summed E-state index contributed by atoms with van der Waals surface area (Å²) in [6.07, 6.45) is 7.23. The second-order valence-corrected chi connectivity index (χ2v) is 12.3. The van der Waals surface area contributed by atoms with Crippen LogP contribution in [0.5, 0.6) is 0 Å². The van der Waals surface area contributed by atoms with Gasteiger partial charge in [0.25, 0.3) is 0 Å². The Labute approximate surface area is 210 Å². The van der Waals surface area contributed by atoms with E-state index in [-0.39, 0.29) is 23.9 Å². The van der Waals surface area contributed by atoms with E-state index in [1.165, 1.54) is 19.1 Å². The van der Waals surface area contributed by atoms with E-state index in [1.807, 2.05) is 6.92 Å². The van der Waals surface area contributed by atoms with Gasteiger partial charge >= 0.3 is 5.97 Å². The van der Waals surface area contributed by atoms with Crippen molar-refractivity contribution in [3.05, 3.63) is 23.8 Å². The van der Waals surface area contributed by atoms with Gasteiger partial charge in [0.15, 0.2) is 29.4 Å². The molecule has 0 bridgehead atoms. The summed E-state index contributed by atoms with van der Waals surface area (Å²) >= 11 is 0. The van der Waals surface area contributed by atoms with E-state index in [1.54, 1.807) is 13.0 Å². The summed E-state index contributed by atoms with van der Waals surface area (Å²) in [6, 6.07) is 0. The third-order valence-corrected chi connectivity index (χ3v) is 10.7. The van der Waals surface area contributed by atoms with Gasteiger partial charge in [-0.05, 0) is 63.5 Å². The number of carbonyl (C=O) groups excluding carboxylic acids is 3. The number of halogens is 1. The smallest absolute Gasteiger partial charge is 0.303 e. The molecule has 1 aliphatic heterocycles. The number of esters is 1. The summed E-state index contributed by atoms with van der Waals surface area (Å²) in [7, 11) is 0. The second kappa shape index (κ2) is 7.58. The lowest BCUT2D eigenvalue weighted by atomic mass is 9.44. The molecule has 4 saturated carbocycles. The average Bonchev–Trinajstić information content (AvgIpc) is 3.47. The zero-order valence-electron chi connectivity index (χ0n) is 21.2. The summed E-state index contributed by atoms with van der Waals surface area (Å²) < 4.78 is 35.8. The molecule has 1 N–H and O–H groups in total. The lowest BCUT2D eigenvalue weighted by Gasteiger charge is -2.62. The fourth-order valence-corrected chi connectivity index (χ4v) is 9.04. The van der Waals surface area contributed by atoms with Crippen molar-refractivity contribution >= 4 is 17.5 Å². The van der Waals surface area contributed by atoms with E-state index >= 15 is 4.39 Å². The lowest BCUT2D eigenvalue weighted by molar-refractivity contribution is -0.253. The van der Waals surface area contributed by atoms with Gasteiger partial charge in [-0.15, -0.1) is 0 Å². The minimum Gasteiger partial charge on any atom is -0.458 e. The summed E-state index contributed by atoms with van der Waals surface area (Å²) in [6.45, 7) is 4.52. The number of alkyl halides is 1. The summed E-state index contributed by atoms with van der Waals surface area (Å²) in [5, 5.41) is 11.6. The zero-order chi connectivity index (χ0) is 25.7. The molecule has 196 valence electrons. The Morgan fingerprint density at radius 3 is 2.64 bits per heavy atom. The molecule has 36 heavy (non-hydrogen) atoms. The van der Waals surface area contributed by atoms with E-state index in [4.69, 9.17) is 14.2 Å². The van der Waals surface area contributed by atoms with Gasteiger partial charge in [0.2, 0.25) is 5.78 Å². The number of aliphatic hydroxyl groups is 1. The highest BCUT2D eigenvalue weighted by atomic mass is 19.1. The maximum atomic E-state index is 17.4. The van der Waals surface area contributed by atoms with E-state index in [9.17, 15) is 19.5 Å². The molecule has 0 amide bonds. The Balaban J connectivity index is 1.44. The van der Waals surface area contributed by atoms with Crippen LogP contribution in [-0.4, -0.2) is 58.5 Å². The van der Waals surface area contributed by atoms with E-state index in [0.29, 0.717) is 37.7 Å². The van der Waals surface area contributed by atoms with Gasteiger partial charge in [-0.25, -0.2) is 4.39 Å². The zero-order valence-corrected chi connectivity index (χ0v) is 21.2. The van der Waals surface area contributed by atoms with Crippen molar-refractivity contribution in [2.75, 3.05) is 6.61 Å².